The Morgan fingerprint density at radius 3 is 2.60 bits per heavy atom. The number of hydrogen-bond acceptors (Lipinski definition) is 4. The second-order valence-electron chi connectivity index (χ2n) is 5.10. The highest BCUT2D eigenvalue weighted by Crippen LogP contribution is 2.20. The number of rotatable bonds is 4. The number of nitro benzene ring substituents is 1. The first-order valence-corrected chi connectivity index (χ1v) is 6.78. The van der Waals surface area contributed by atoms with Crippen molar-refractivity contribution < 1.29 is 14.8 Å². The van der Waals surface area contributed by atoms with E-state index in [1.807, 2.05) is 4.90 Å². The summed E-state index contributed by atoms with van der Waals surface area (Å²) in [4.78, 5) is 23.4. The van der Waals surface area contributed by atoms with E-state index in [-0.39, 0.29) is 5.69 Å². The van der Waals surface area contributed by atoms with Crippen molar-refractivity contribution in [1.82, 2.24) is 4.90 Å². The van der Waals surface area contributed by atoms with Crippen molar-refractivity contribution in [2.45, 2.75) is 38.3 Å². The third kappa shape index (κ3) is 3.54. The van der Waals surface area contributed by atoms with Crippen LogP contribution >= 0.6 is 0 Å². The zero-order valence-electron chi connectivity index (χ0n) is 11.2. The Hall–Kier alpha value is -1.95. The van der Waals surface area contributed by atoms with Gasteiger partial charge in [0.25, 0.3) is 5.69 Å². The van der Waals surface area contributed by atoms with Gasteiger partial charge < -0.3 is 5.11 Å². The number of benzene rings is 1. The predicted molar refractivity (Wildman–Crippen MR) is 73.4 cm³/mol. The average molecular weight is 278 g/mol. The molecule has 0 aromatic heterocycles. The summed E-state index contributed by atoms with van der Waals surface area (Å²) in [5.74, 6) is -0.784. The van der Waals surface area contributed by atoms with E-state index in [1.165, 1.54) is 12.1 Å². The molecule has 108 valence electrons. The Labute approximate surface area is 117 Å². The van der Waals surface area contributed by atoms with Gasteiger partial charge in [-0.15, -0.1) is 0 Å². The lowest BCUT2D eigenvalue weighted by Crippen LogP contribution is -2.40. The Morgan fingerprint density at radius 2 is 2.00 bits per heavy atom. The summed E-state index contributed by atoms with van der Waals surface area (Å²) in [6, 6.07) is 5.86. The molecule has 0 amide bonds. The van der Waals surface area contributed by atoms with Crippen LogP contribution in [0.3, 0.4) is 0 Å². The summed E-state index contributed by atoms with van der Waals surface area (Å²) in [6.07, 6.45) is 3.66. The van der Waals surface area contributed by atoms with Gasteiger partial charge in [-0.25, -0.2) is 0 Å². The smallest absolute Gasteiger partial charge is 0.320 e. The molecule has 0 aliphatic carbocycles. The standard InChI is InChI=1S/C14H18N2O4/c17-14(18)13-4-2-1-3-9-15(13)10-11-5-7-12(8-6-11)16(19)20/h5-8,13H,1-4,9-10H2,(H,17,18). The molecule has 1 fully saturated rings. The minimum absolute atomic E-state index is 0.0550. The SMILES string of the molecule is O=C(O)C1CCCCCN1Cc1ccc([N+](=O)[O-])cc1. The number of nitro groups is 1. The van der Waals surface area contributed by atoms with E-state index in [9.17, 15) is 20.0 Å². The summed E-state index contributed by atoms with van der Waals surface area (Å²) in [5, 5.41) is 19.9. The van der Waals surface area contributed by atoms with E-state index in [4.69, 9.17) is 0 Å². The van der Waals surface area contributed by atoms with Crippen LogP contribution in [0.1, 0.15) is 31.2 Å². The van der Waals surface area contributed by atoms with Crippen molar-refractivity contribution in [2.24, 2.45) is 0 Å². The highest BCUT2D eigenvalue weighted by molar-refractivity contribution is 5.73. The zero-order chi connectivity index (χ0) is 14.5. The van der Waals surface area contributed by atoms with E-state index >= 15 is 0 Å². The minimum Gasteiger partial charge on any atom is -0.480 e. The van der Waals surface area contributed by atoms with Crippen LogP contribution in [-0.4, -0.2) is 33.5 Å². The molecular formula is C14H18N2O4. The van der Waals surface area contributed by atoms with E-state index in [1.54, 1.807) is 12.1 Å². The van der Waals surface area contributed by atoms with Crippen LogP contribution < -0.4 is 0 Å². The van der Waals surface area contributed by atoms with Gasteiger partial charge in [-0.2, -0.15) is 0 Å². The molecule has 0 radical (unpaired) electrons. The minimum atomic E-state index is -0.784. The molecule has 1 aliphatic rings. The molecule has 1 saturated heterocycles. The normalized spacial score (nSPS) is 20.3. The fraction of sp³-hybridized carbons (Fsp3) is 0.500. The van der Waals surface area contributed by atoms with Gasteiger partial charge in [0.05, 0.1) is 4.92 Å². The molecule has 1 N–H and O–H groups in total. The monoisotopic (exact) mass is 278 g/mol. The quantitative estimate of drug-likeness (QED) is 0.675. The van der Waals surface area contributed by atoms with E-state index in [2.05, 4.69) is 0 Å². The molecule has 20 heavy (non-hydrogen) atoms. The van der Waals surface area contributed by atoms with E-state index in [0.717, 1.165) is 31.4 Å². The fourth-order valence-electron chi connectivity index (χ4n) is 2.59. The molecule has 6 nitrogen and oxygen atoms in total. The number of carbonyl (C=O) groups is 1. The number of likely N-dealkylation sites (tertiary alicyclic amines) is 1. The highest BCUT2D eigenvalue weighted by Gasteiger charge is 2.26. The van der Waals surface area contributed by atoms with Crippen molar-refractivity contribution in [3.63, 3.8) is 0 Å². The van der Waals surface area contributed by atoms with E-state index < -0.39 is 16.9 Å². The van der Waals surface area contributed by atoms with Crippen LogP contribution in [0.5, 0.6) is 0 Å². The molecule has 0 spiro atoms. The maximum absolute atomic E-state index is 11.3. The Kier molecular flexibility index (Phi) is 4.68. The molecule has 1 heterocycles. The summed E-state index contributed by atoms with van der Waals surface area (Å²) in [7, 11) is 0. The summed E-state index contributed by atoms with van der Waals surface area (Å²) >= 11 is 0. The fourth-order valence-corrected chi connectivity index (χ4v) is 2.59. The second kappa shape index (κ2) is 6.47. The Bertz CT molecular complexity index is 486. The number of aliphatic carboxylic acids is 1. The van der Waals surface area contributed by atoms with Gasteiger partial charge in [-0.05, 0) is 24.9 Å². The lowest BCUT2D eigenvalue weighted by atomic mass is 10.1. The molecule has 0 bridgehead atoms. The van der Waals surface area contributed by atoms with Crippen molar-refractivity contribution in [3.05, 3.63) is 39.9 Å². The summed E-state index contributed by atoms with van der Waals surface area (Å²) in [5.41, 5.74) is 0.961. The first-order chi connectivity index (χ1) is 9.58. The zero-order valence-corrected chi connectivity index (χ0v) is 11.2. The van der Waals surface area contributed by atoms with Gasteiger partial charge in [-0.3, -0.25) is 19.8 Å². The van der Waals surface area contributed by atoms with Crippen LogP contribution in [0.2, 0.25) is 0 Å². The van der Waals surface area contributed by atoms with Gasteiger partial charge in [-0.1, -0.05) is 25.0 Å². The van der Waals surface area contributed by atoms with Gasteiger partial charge >= 0.3 is 5.97 Å². The first-order valence-electron chi connectivity index (χ1n) is 6.78. The number of carboxylic acid groups (broad SMARTS) is 1. The highest BCUT2D eigenvalue weighted by atomic mass is 16.6. The van der Waals surface area contributed by atoms with Crippen molar-refractivity contribution in [2.75, 3.05) is 6.54 Å². The van der Waals surface area contributed by atoms with Crippen LogP contribution in [0, 0.1) is 10.1 Å². The second-order valence-corrected chi connectivity index (χ2v) is 5.10. The Balaban J connectivity index is 2.09. The Morgan fingerprint density at radius 1 is 1.30 bits per heavy atom. The lowest BCUT2D eigenvalue weighted by molar-refractivity contribution is -0.384. The van der Waals surface area contributed by atoms with Crippen molar-refractivity contribution in [3.8, 4) is 0 Å². The average Bonchev–Trinajstić information content (AvgIpc) is 2.65. The number of non-ortho nitro benzene ring substituents is 1. The van der Waals surface area contributed by atoms with Crippen molar-refractivity contribution in [1.29, 1.82) is 0 Å². The third-order valence-corrected chi connectivity index (χ3v) is 3.68. The molecule has 1 aromatic rings. The van der Waals surface area contributed by atoms with Crippen LogP contribution in [0.4, 0.5) is 5.69 Å². The number of hydrogen-bond donors (Lipinski definition) is 1. The third-order valence-electron chi connectivity index (χ3n) is 3.68. The summed E-state index contributed by atoms with van der Waals surface area (Å²) < 4.78 is 0. The molecule has 1 atom stereocenters. The largest absolute Gasteiger partial charge is 0.480 e. The topological polar surface area (TPSA) is 83.7 Å². The molecule has 1 unspecified atom stereocenters. The first kappa shape index (κ1) is 14.5. The lowest BCUT2D eigenvalue weighted by Gasteiger charge is -2.26. The molecule has 1 aliphatic heterocycles. The van der Waals surface area contributed by atoms with Crippen LogP contribution in [-0.2, 0) is 11.3 Å². The predicted octanol–water partition coefficient (Wildman–Crippen LogP) is 2.42. The van der Waals surface area contributed by atoms with Gasteiger partial charge in [0, 0.05) is 18.7 Å². The van der Waals surface area contributed by atoms with Gasteiger partial charge in [0.2, 0.25) is 0 Å². The maximum atomic E-state index is 11.3. The molecule has 2 rings (SSSR count). The van der Waals surface area contributed by atoms with Crippen LogP contribution in [0.25, 0.3) is 0 Å². The van der Waals surface area contributed by atoms with Crippen LogP contribution in [0.15, 0.2) is 24.3 Å². The molecule has 1 aromatic carbocycles. The van der Waals surface area contributed by atoms with Gasteiger partial charge in [0.15, 0.2) is 0 Å². The summed E-state index contributed by atoms with van der Waals surface area (Å²) in [6.45, 7) is 1.28. The maximum Gasteiger partial charge on any atom is 0.320 e. The number of nitrogens with zero attached hydrogens (tertiary/aromatic N) is 2. The van der Waals surface area contributed by atoms with Gasteiger partial charge in [0.1, 0.15) is 6.04 Å². The van der Waals surface area contributed by atoms with Crippen molar-refractivity contribution >= 4 is 11.7 Å². The number of carboxylic acids is 1. The van der Waals surface area contributed by atoms with E-state index in [0.29, 0.717) is 13.0 Å². The molecule has 0 saturated carbocycles. The molecule has 6 heteroatoms. The molecular weight excluding hydrogens is 260 g/mol.